The predicted octanol–water partition coefficient (Wildman–Crippen LogP) is -0.798. The van der Waals surface area contributed by atoms with Gasteiger partial charge < -0.3 is 10.4 Å². The lowest BCUT2D eigenvalue weighted by Crippen LogP contribution is -2.28. The summed E-state index contributed by atoms with van der Waals surface area (Å²) in [7, 11) is -3.53. The van der Waals surface area contributed by atoms with E-state index in [4.69, 9.17) is 10.2 Å². The fourth-order valence-electron chi connectivity index (χ4n) is 0.939. The molecule has 0 spiro atoms. The van der Waals surface area contributed by atoms with Crippen molar-refractivity contribution < 1.29 is 23.1 Å². The van der Waals surface area contributed by atoms with Gasteiger partial charge in [0.2, 0.25) is 15.9 Å². The van der Waals surface area contributed by atoms with Crippen molar-refractivity contribution in [1.29, 1.82) is 0 Å². The van der Waals surface area contributed by atoms with Crippen LogP contribution in [0, 0.1) is 0 Å². The van der Waals surface area contributed by atoms with Crippen LogP contribution in [0.2, 0.25) is 0 Å². The lowest BCUT2D eigenvalue weighted by Gasteiger charge is -2.06. The highest BCUT2D eigenvalue weighted by Crippen LogP contribution is 2.03. The zero-order valence-electron chi connectivity index (χ0n) is 9.69. The molecule has 0 unspecified atom stereocenters. The van der Waals surface area contributed by atoms with Crippen LogP contribution >= 0.6 is 0 Å². The normalized spacial score (nSPS) is 12.9. The third-order valence-corrected chi connectivity index (χ3v) is 2.97. The van der Waals surface area contributed by atoms with Gasteiger partial charge in [-0.3, -0.25) is 4.79 Å². The number of sulfonamides is 1. The summed E-state index contributed by atoms with van der Waals surface area (Å²) in [6.07, 6.45) is 0.184. The molecule has 1 amide bonds. The molecule has 0 atom stereocenters. The molecular formula is C9H16N2O5S. The van der Waals surface area contributed by atoms with E-state index in [0.717, 1.165) is 0 Å². The van der Waals surface area contributed by atoms with Crippen LogP contribution in [-0.4, -0.2) is 37.7 Å². The van der Waals surface area contributed by atoms with Crippen molar-refractivity contribution in [1.82, 2.24) is 5.32 Å². The Hall–Kier alpha value is -1.41. The van der Waals surface area contributed by atoms with Crippen LogP contribution in [0.3, 0.4) is 0 Å². The topological polar surface area (TPSA) is 127 Å². The summed E-state index contributed by atoms with van der Waals surface area (Å²) >= 11 is 0. The van der Waals surface area contributed by atoms with Crippen LogP contribution in [0.15, 0.2) is 11.1 Å². The number of carboxylic acids is 1. The first-order valence-electron chi connectivity index (χ1n) is 4.84. The Kier molecular flexibility index (Phi) is 5.83. The van der Waals surface area contributed by atoms with E-state index in [-0.39, 0.29) is 29.9 Å². The Morgan fingerprint density at radius 3 is 2.18 bits per heavy atom. The van der Waals surface area contributed by atoms with Gasteiger partial charge in [0.15, 0.2) is 0 Å². The first-order chi connectivity index (χ1) is 7.65. The third kappa shape index (κ3) is 6.69. The maximum Gasteiger partial charge on any atom is 0.331 e. The monoisotopic (exact) mass is 264 g/mol. The SMILES string of the molecule is CC(C(=O)O)=C(C)C(=O)NCCCS(N)(=O)=O. The van der Waals surface area contributed by atoms with E-state index in [0.29, 0.717) is 0 Å². The minimum Gasteiger partial charge on any atom is -0.478 e. The van der Waals surface area contributed by atoms with Crippen LogP contribution in [0.5, 0.6) is 0 Å². The Balaban J connectivity index is 4.21. The molecule has 98 valence electrons. The molecule has 0 aromatic rings. The average molecular weight is 264 g/mol. The summed E-state index contributed by atoms with van der Waals surface area (Å²) in [6, 6.07) is 0. The van der Waals surface area contributed by atoms with Gasteiger partial charge >= 0.3 is 5.97 Å². The summed E-state index contributed by atoms with van der Waals surface area (Å²) in [5, 5.41) is 15.8. The smallest absolute Gasteiger partial charge is 0.331 e. The molecule has 17 heavy (non-hydrogen) atoms. The summed E-state index contributed by atoms with van der Waals surface area (Å²) in [5.41, 5.74) is 0.0436. The number of hydrogen-bond acceptors (Lipinski definition) is 4. The van der Waals surface area contributed by atoms with Gasteiger partial charge in [-0.25, -0.2) is 18.4 Å². The molecule has 0 saturated heterocycles. The number of aliphatic carboxylic acids is 1. The second-order valence-corrected chi connectivity index (χ2v) is 5.27. The van der Waals surface area contributed by atoms with Crippen molar-refractivity contribution >= 4 is 21.9 Å². The molecule has 0 heterocycles. The van der Waals surface area contributed by atoms with Crippen LogP contribution < -0.4 is 10.5 Å². The van der Waals surface area contributed by atoms with Crippen molar-refractivity contribution in [3.63, 3.8) is 0 Å². The zero-order valence-corrected chi connectivity index (χ0v) is 10.5. The van der Waals surface area contributed by atoms with E-state index in [1.807, 2.05) is 0 Å². The highest BCUT2D eigenvalue weighted by Gasteiger charge is 2.12. The van der Waals surface area contributed by atoms with E-state index in [1.54, 1.807) is 0 Å². The van der Waals surface area contributed by atoms with Gasteiger partial charge in [0, 0.05) is 17.7 Å². The molecule has 0 rings (SSSR count). The van der Waals surface area contributed by atoms with Crippen molar-refractivity contribution in [3.8, 4) is 0 Å². The van der Waals surface area contributed by atoms with E-state index < -0.39 is 21.9 Å². The molecule has 0 aliphatic heterocycles. The number of primary sulfonamides is 1. The van der Waals surface area contributed by atoms with Crippen LogP contribution in [-0.2, 0) is 19.6 Å². The molecule has 7 nitrogen and oxygen atoms in total. The molecule has 0 aliphatic rings. The maximum absolute atomic E-state index is 11.4. The molecule has 4 N–H and O–H groups in total. The van der Waals surface area contributed by atoms with Crippen LogP contribution in [0.4, 0.5) is 0 Å². The van der Waals surface area contributed by atoms with E-state index in [1.165, 1.54) is 13.8 Å². The summed E-state index contributed by atoms with van der Waals surface area (Å²) < 4.78 is 21.2. The molecule has 8 heteroatoms. The number of rotatable bonds is 6. The lowest BCUT2D eigenvalue weighted by molar-refractivity contribution is -0.133. The largest absolute Gasteiger partial charge is 0.478 e. The Bertz CT molecular complexity index is 438. The summed E-state index contributed by atoms with van der Waals surface area (Å²) in [5.74, 6) is -1.92. The van der Waals surface area contributed by atoms with Gasteiger partial charge in [-0.1, -0.05) is 0 Å². The van der Waals surface area contributed by atoms with Gasteiger partial charge in [-0.2, -0.15) is 0 Å². The van der Waals surface area contributed by atoms with Crippen molar-refractivity contribution in [2.75, 3.05) is 12.3 Å². The van der Waals surface area contributed by atoms with Gasteiger partial charge in [-0.05, 0) is 20.3 Å². The zero-order chi connectivity index (χ0) is 13.6. The molecule has 0 saturated carbocycles. The number of nitrogens with two attached hydrogens (primary N) is 1. The standard InChI is InChI=1S/C9H16N2O5S/c1-6(7(2)9(13)14)8(12)11-4-3-5-17(10,15)16/h3-5H2,1-2H3,(H,11,12)(H,13,14)(H2,10,15,16). The van der Waals surface area contributed by atoms with Crippen LogP contribution in [0.1, 0.15) is 20.3 Å². The lowest BCUT2D eigenvalue weighted by atomic mass is 10.1. The van der Waals surface area contributed by atoms with E-state index in [9.17, 15) is 18.0 Å². The number of hydrogen-bond donors (Lipinski definition) is 3. The number of carboxylic acid groups (broad SMARTS) is 1. The Morgan fingerprint density at radius 2 is 1.76 bits per heavy atom. The van der Waals surface area contributed by atoms with Gasteiger partial charge in [0.25, 0.3) is 0 Å². The first-order valence-corrected chi connectivity index (χ1v) is 6.56. The maximum atomic E-state index is 11.4. The second kappa shape index (κ2) is 6.36. The van der Waals surface area contributed by atoms with Gasteiger partial charge in [-0.15, -0.1) is 0 Å². The van der Waals surface area contributed by atoms with Crippen molar-refractivity contribution in [2.24, 2.45) is 5.14 Å². The highest BCUT2D eigenvalue weighted by atomic mass is 32.2. The molecular weight excluding hydrogens is 248 g/mol. The Labute approximate surface area is 99.7 Å². The predicted molar refractivity (Wildman–Crippen MR) is 61.6 cm³/mol. The number of carbonyl (C=O) groups excluding carboxylic acids is 1. The second-order valence-electron chi connectivity index (χ2n) is 3.53. The quantitative estimate of drug-likeness (QED) is 0.427. The third-order valence-electron chi connectivity index (χ3n) is 2.12. The van der Waals surface area contributed by atoms with Gasteiger partial charge in [0.1, 0.15) is 0 Å². The summed E-state index contributed by atoms with van der Waals surface area (Å²) in [4.78, 5) is 22.0. The van der Waals surface area contributed by atoms with Crippen molar-refractivity contribution in [3.05, 3.63) is 11.1 Å². The van der Waals surface area contributed by atoms with E-state index >= 15 is 0 Å². The number of carbonyl (C=O) groups is 2. The molecule has 0 aromatic carbocycles. The minimum atomic E-state index is -3.53. The van der Waals surface area contributed by atoms with Crippen LogP contribution in [0.25, 0.3) is 0 Å². The molecule has 0 radical (unpaired) electrons. The highest BCUT2D eigenvalue weighted by molar-refractivity contribution is 7.89. The van der Waals surface area contributed by atoms with Crippen molar-refractivity contribution in [2.45, 2.75) is 20.3 Å². The molecule has 0 bridgehead atoms. The Morgan fingerprint density at radius 1 is 1.24 bits per heavy atom. The fraction of sp³-hybridized carbons (Fsp3) is 0.556. The molecule has 0 aromatic heterocycles. The fourth-order valence-corrected chi connectivity index (χ4v) is 1.49. The number of nitrogens with one attached hydrogen (secondary N) is 1. The minimum absolute atomic E-state index is 0.0473. The molecule has 0 fully saturated rings. The first kappa shape index (κ1) is 15.6. The molecule has 0 aliphatic carbocycles. The average Bonchev–Trinajstić information content (AvgIpc) is 2.20. The van der Waals surface area contributed by atoms with Gasteiger partial charge in [0.05, 0.1) is 5.75 Å². The number of amides is 1. The summed E-state index contributed by atoms with van der Waals surface area (Å²) in [6.45, 7) is 2.83. The van der Waals surface area contributed by atoms with E-state index in [2.05, 4.69) is 5.32 Å².